The second kappa shape index (κ2) is 5.68. The maximum absolute atomic E-state index is 12.5. The molecule has 0 bridgehead atoms. The number of hydrogen-bond acceptors (Lipinski definition) is 3. The lowest BCUT2D eigenvalue weighted by atomic mass is 10.1. The molecule has 0 amide bonds. The predicted octanol–water partition coefficient (Wildman–Crippen LogP) is 2.44. The molecule has 0 unspecified atom stereocenters. The van der Waals surface area contributed by atoms with Crippen LogP contribution < -0.4 is 0 Å². The molecule has 0 saturated carbocycles. The van der Waals surface area contributed by atoms with Crippen LogP contribution in [0.5, 0.6) is 0 Å². The lowest BCUT2D eigenvalue weighted by molar-refractivity contribution is -0.155. The van der Waals surface area contributed by atoms with Crippen molar-refractivity contribution in [3.63, 3.8) is 0 Å². The van der Waals surface area contributed by atoms with Crippen molar-refractivity contribution in [1.82, 2.24) is 0 Å². The molecule has 104 valence electrons. The van der Waals surface area contributed by atoms with Crippen LogP contribution in [0.15, 0.2) is 24.3 Å². The van der Waals surface area contributed by atoms with Crippen LogP contribution >= 0.6 is 0 Å². The Bertz CT molecular complexity index is 487. The van der Waals surface area contributed by atoms with Gasteiger partial charge in [-0.05, 0) is 18.2 Å². The van der Waals surface area contributed by atoms with Crippen molar-refractivity contribution in [3.8, 4) is 0 Å². The average Bonchev–Trinajstić information content (AvgIpc) is 2.36. The minimum absolute atomic E-state index is 0.255. The third kappa shape index (κ3) is 3.94. The molecule has 1 aromatic rings. The molecule has 0 saturated heterocycles. The summed E-state index contributed by atoms with van der Waals surface area (Å²) in [5.74, 6) is -7.07. The van der Waals surface area contributed by atoms with Crippen molar-refractivity contribution in [1.29, 1.82) is 0 Å². The summed E-state index contributed by atoms with van der Waals surface area (Å²) in [5.41, 5.74) is -0.569. The van der Waals surface area contributed by atoms with Crippen molar-refractivity contribution in [2.24, 2.45) is 0 Å². The molecule has 0 aliphatic rings. The smallest absolute Gasteiger partial charge is 0.340 e. The lowest BCUT2D eigenvalue weighted by Crippen LogP contribution is -2.33. The van der Waals surface area contributed by atoms with Gasteiger partial charge in [-0.1, -0.05) is 6.07 Å². The molecule has 19 heavy (non-hydrogen) atoms. The largest absolute Gasteiger partial charge is 0.478 e. The zero-order valence-electron chi connectivity index (χ0n) is 9.28. The Morgan fingerprint density at radius 2 is 1.84 bits per heavy atom. The molecule has 0 radical (unpaired) electrons. The Labute approximate surface area is 104 Å². The first-order valence-electron chi connectivity index (χ1n) is 4.90. The molecule has 0 spiro atoms. The maximum atomic E-state index is 12.5. The van der Waals surface area contributed by atoms with Crippen molar-refractivity contribution < 1.29 is 37.0 Å². The normalized spacial score (nSPS) is 11.4. The van der Waals surface area contributed by atoms with E-state index in [9.17, 15) is 27.2 Å². The number of carbonyl (C=O) groups excluding carboxylic acids is 1. The number of ether oxygens (including phenoxy) is 1. The van der Waals surface area contributed by atoms with E-state index in [1.165, 1.54) is 12.1 Å². The van der Waals surface area contributed by atoms with Gasteiger partial charge in [0.2, 0.25) is 0 Å². The van der Waals surface area contributed by atoms with Crippen LogP contribution in [-0.4, -0.2) is 36.0 Å². The van der Waals surface area contributed by atoms with Crippen molar-refractivity contribution >= 4 is 11.9 Å². The van der Waals surface area contributed by atoms with Crippen molar-refractivity contribution in [2.75, 3.05) is 6.61 Å². The number of alkyl halides is 4. The number of carbonyl (C=O) groups is 2. The van der Waals surface area contributed by atoms with Gasteiger partial charge in [0.1, 0.15) is 0 Å². The van der Waals surface area contributed by atoms with Gasteiger partial charge in [0.25, 0.3) is 0 Å². The Morgan fingerprint density at radius 1 is 1.26 bits per heavy atom. The first-order valence-corrected chi connectivity index (χ1v) is 4.90. The molecule has 0 aliphatic heterocycles. The molecule has 1 N–H and O–H groups in total. The zero-order chi connectivity index (χ0) is 14.6. The van der Waals surface area contributed by atoms with Crippen LogP contribution in [0.1, 0.15) is 20.7 Å². The highest BCUT2D eigenvalue weighted by Crippen LogP contribution is 2.23. The highest BCUT2D eigenvalue weighted by atomic mass is 19.3. The van der Waals surface area contributed by atoms with Gasteiger partial charge in [-0.25, -0.2) is 18.4 Å². The number of hydrogen-bond donors (Lipinski definition) is 1. The number of rotatable bonds is 5. The highest BCUT2D eigenvalue weighted by Gasteiger charge is 2.42. The second-order valence-electron chi connectivity index (χ2n) is 3.52. The minimum atomic E-state index is -4.44. The molecule has 1 aromatic carbocycles. The number of carboxylic acid groups (broad SMARTS) is 1. The SMILES string of the molecule is O=C(O)c1cccc(C(=O)OCC(F)(F)C(F)F)c1. The predicted molar refractivity (Wildman–Crippen MR) is 54.6 cm³/mol. The van der Waals surface area contributed by atoms with E-state index < -0.39 is 30.9 Å². The van der Waals surface area contributed by atoms with E-state index >= 15 is 0 Å². The van der Waals surface area contributed by atoms with Crippen LogP contribution in [0.4, 0.5) is 17.6 Å². The summed E-state index contributed by atoms with van der Waals surface area (Å²) in [6.45, 7) is -1.78. The molecular weight excluding hydrogens is 272 g/mol. The van der Waals surface area contributed by atoms with Gasteiger partial charge < -0.3 is 9.84 Å². The Kier molecular flexibility index (Phi) is 4.47. The molecule has 0 atom stereocenters. The Morgan fingerprint density at radius 3 is 2.37 bits per heavy atom. The van der Waals surface area contributed by atoms with E-state index in [4.69, 9.17) is 5.11 Å². The number of benzene rings is 1. The van der Waals surface area contributed by atoms with E-state index in [1.54, 1.807) is 0 Å². The highest BCUT2D eigenvalue weighted by molar-refractivity contribution is 5.94. The van der Waals surface area contributed by atoms with Crippen molar-refractivity contribution in [3.05, 3.63) is 35.4 Å². The van der Waals surface area contributed by atoms with Gasteiger partial charge in [0.05, 0.1) is 11.1 Å². The topological polar surface area (TPSA) is 63.6 Å². The van der Waals surface area contributed by atoms with Crippen LogP contribution in [0, 0.1) is 0 Å². The van der Waals surface area contributed by atoms with Gasteiger partial charge in [0.15, 0.2) is 6.61 Å². The van der Waals surface area contributed by atoms with Gasteiger partial charge in [-0.2, -0.15) is 8.78 Å². The molecule has 8 heteroatoms. The summed E-state index contributed by atoms with van der Waals surface area (Å²) in [7, 11) is 0. The third-order valence-electron chi connectivity index (χ3n) is 2.06. The first kappa shape index (κ1) is 14.9. The number of aromatic carboxylic acids is 1. The van der Waals surface area contributed by atoms with E-state index in [0.717, 1.165) is 12.1 Å². The number of halogens is 4. The number of carboxylic acids is 1. The van der Waals surface area contributed by atoms with Crippen molar-refractivity contribution in [2.45, 2.75) is 12.3 Å². The monoisotopic (exact) mass is 280 g/mol. The van der Waals surface area contributed by atoms with E-state index in [0.29, 0.717) is 0 Å². The summed E-state index contributed by atoms with van der Waals surface area (Å²) in [6, 6.07) is 4.39. The summed E-state index contributed by atoms with van der Waals surface area (Å²) in [6.07, 6.45) is -3.95. The Hall–Kier alpha value is -2.12. The quantitative estimate of drug-likeness (QED) is 0.664. The summed E-state index contributed by atoms with van der Waals surface area (Å²) in [5, 5.41) is 8.65. The maximum Gasteiger partial charge on any atom is 0.340 e. The average molecular weight is 280 g/mol. The molecule has 0 heterocycles. The molecule has 0 aromatic heterocycles. The van der Waals surface area contributed by atoms with Gasteiger partial charge in [-0.3, -0.25) is 0 Å². The third-order valence-corrected chi connectivity index (χ3v) is 2.06. The zero-order valence-corrected chi connectivity index (χ0v) is 9.28. The molecule has 0 fully saturated rings. The summed E-state index contributed by atoms with van der Waals surface area (Å²) < 4.78 is 52.7. The van der Waals surface area contributed by atoms with Crippen LogP contribution in [0.2, 0.25) is 0 Å². The number of esters is 1. The van der Waals surface area contributed by atoms with Crippen LogP contribution in [-0.2, 0) is 4.74 Å². The summed E-state index contributed by atoms with van der Waals surface area (Å²) >= 11 is 0. The lowest BCUT2D eigenvalue weighted by Gasteiger charge is -2.15. The molecule has 1 rings (SSSR count). The van der Waals surface area contributed by atoms with Gasteiger partial charge in [-0.15, -0.1) is 0 Å². The van der Waals surface area contributed by atoms with E-state index in [-0.39, 0.29) is 11.1 Å². The van der Waals surface area contributed by atoms with Crippen LogP contribution in [0.25, 0.3) is 0 Å². The van der Waals surface area contributed by atoms with E-state index in [1.807, 2.05) is 0 Å². The van der Waals surface area contributed by atoms with Gasteiger partial charge >= 0.3 is 24.3 Å². The first-order chi connectivity index (χ1) is 8.74. The van der Waals surface area contributed by atoms with Crippen LogP contribution in [0.3, 0.4) is 0 Å². The second-order valence-corrected chi connectivity index (χ2v) is 3.52. The molecule has 0 aliphatic carbocycles. The molecule has 4 nitrogen and oxygen atoms in total. The standard InChI is InChI=1S/C11H8F4O4/c12-10(13)11(14,15)5-19-9(18)7-3-1-2-6(4-7)8(16)17/h1-4,10H,5H2,(H,16,17). The van der Waals surface area contributed by atoms with Gasteiger partial charge in [0, 0.05) is 0 Å². The minimum Gasteiger partial charge on any atom is -0.478 e. The summed E-state index contributed by atoms with van der Waals surface area (Å²) in [4.78, 5) is 21.9. The fourth-order valence-corrected chi connectivity index (χ4v) is 1.09. The van der Waals surface area contributed by atoms with E-state index in [2.05, 4.69) is 4.74 Å². The Balaban J connectivity index is 2.74. The fraction of sp³-hybridized carbons (Fsp3) is 0.273. The molecular formula is C11H8F4O4. The fourth-order valence-electron chi connectivity index (χ4n) is 1.09.